The van der Waals surface area contributed by atoms with Gasteiger partial charge >= 0.3 is 0 Å². The fraction of sp³-hybridized carbons (Fsp3) is 0.545. The molecule has 1 aromatic carbocycles. The lowest BCUT2D eigenvalue weighted by molar-refractivity contribution is -0.141. The number of halogens is 1. The molecule has 1 N–H and O–H groups in total. The van der Waals surface area contributed by atoms with E-state index in [1.165, 1.54) is 11.3 Å². The lowest BCUT2D eigenvalue weighted by Gasteiger charge is -2.35. The predicted molar refractivity (Wildman–Crippen MR) is 108 cm³/mol. The Morgan fingerprint density at radius 1 is 0.964 bits per heavy atom. The van der Waals surface area contributed by atoms with E-state index in [2.05, 4.69) is 0 Å². The molecule has 2 aliphatic heterocycles. The molecule has 2 heterocycles. The number of hydrogen-bond donors (Lipinski definition) is 1. The summed E-state index contributed by atoms with van der Waals surface area (Å²) in [6.07, 6.45) is 6.92. The number of likely N-dealkylation sites (tertiary alicyclic amines) is 1. The van der Waals surface area contributed by atoms with Crippen LogP contribution in [0.5, 0.6) is 0 Å². The van der Waals surface area contributed by atoms with Gasteiger partial charge in [-0.3, -0.25) is 14.5 Å². The third-order valence-corrected chi connectivity index (χ3v) is 6.51. The summed E-state index contributed by atoms with van der Waals surface area (Å²) >= 11 is 6.04. The van der Waals surface area contributed by atoms with E-state index in [4.69, 9.17) is 11.6 Å². The van der Waals surface area contributed by atoms with E-state index in [0.29, 0.717) is 22.8 Å². The molecule has 28 heavy (non-hydrogen) atoms. The third kappa shape index (κ3) is 3.58. The van der Waals surface area contributed by atoms with Gasteiger partial charge in [-0.05, 0) is 49.3 Å². The third-order valence-electron chi connectivity index (χ3n) is 6.26. The second kappa shape index (κ2) is 8.26. The van der Waals surface area contributed by atoms with Crippen molar-refractivity contribution in [3.05, 3.63) is 40.5 Å². The molecule has 1 aromatic rings. The van der Waals surface area contributed by atoms with Crippen LogP contribution in [0.25, 0.3) is 5.57 Å². The molecule has 0 aromatic heterocycles. The second-order valence-corrected chi connectivity index (χ2v) is 8.58. The summed E-state index contributed by atoms with van der Waals surface area (Å²) in [5.41, 5.74) is 1.74. The Morgan fingerprint density at radius 2 is 1.68 bits per heavy atom. The number of benzene rings is 1. The van der Waals surface area contributed by atoms with Crippen LogP contribution in [0.2, 0.25) is 5.02 Å². The SMILES string of the molecule is O=C1C(c2ccc(Cl)cc2)=C(N2CCCC(CO)C2)C(=O)N1C1CCCCC1. The number of carbonyl (C=O) groups is 2. The highest BCUT2D eigenvalue weighted by atomic mass is 35.5. The van der Waals surface area contributed by atoms with Crippen LogP contribution < -0.4 is 0 Å². The lowest BCUT2D eigenvalue weighted by Crippen LogP contribution is -2.45. The largest absolute Gasteiger partial charge is 0.396 e. The number of carbonyl (C=O) groups excluding carboxylic acids is 2. The first-order chi connectivity index (χ1) is 13.6. The minimum atomic E-state index is -0.180. The number of hydrogen-bond acceptors (Lipinski definition) is 4. The van der Waals surface area contributed by atoms with Gasteiger partial charge in [-0.15, -0.1) is 0 Å². The Kier molecular flexibility index (Phi) is 5.74. The molecule has 1 saturated heterocycles. The van der Waals surface area contributed by atoms with E-state index in [-0.39, 0.29) is 30.4 Å². The summed E-state index contributed by atoms with van der Waals surface area (Å²) in [4.78, 5) is 30.5. The molecule has 1 saturated carbocycles. The lowest BCUT2D eigenvalue weighted by atomic mass is 9.94. The first-order valence-corrected chi connectivity index (χ1v) is 10.7. The van der Waals surface area contributed by atoms with Gasteiger partial charge in [0.15, 0.2) is 0 Å². The summed E-state index contributed by atoms with van der Waals surface area (Å²) < 4.78 is 0. The molecule has 1 aliphatic carbocycles. The van der Waals surface area contributed by atoms with Crippen LogP contribution in [0.15, 0.2) is 30.0 Å². The van der Waals surface area contributed by atoms with Gasteiger partial charge in [-0.1, -0.05) is 43.0 Å². The van der Waals surface area contributed by atoms with Crippen molar-refractivity contribution < 1.29 is 14.7 Å². The van der Waals surface area contributed by atoms with Crippen LogP contribution in [-0.4, -0.2) is 52.5 Å². The van der Waals surface area contributed by atoms with Gasteiger partial charge in [0.25, 0.3) is 11.8 Å². The standard InChI is InChI=1S/C22H27ClN2O3/c23-17-10-8-16(9-11-17)19-20(24-12-4-5-15(13-24)14-26)22(28)25(21(19)27)18-6-2-1-3-7-18/h8-11,15,18,26H,1-7,12-14H2. The predicted octanol–water partition coefficient (Wildman–Crippen LogP) is 3.46. The van der Waals surface area contributed by atoms with Gasteiger partial charge in [0.1, 0.15) is 5.70 Å². The molecule has 0 spiro atoms. The summed E-state index contributed by atoms with van der Waals surface area (Å²) in [6, 6.07) is 7.15. The maximum absolute atomic E-state index is 13.5. The van der Waals surface area contributed by atoms with Crippen molar-refractivity contribution in [3.63, 3.8) is 0 Å². The number of aliphatic hydroxyl groups excluding tert-OH is 1. The van der Waals surface area contributed by atoms with Crippen LogP contribution in [0, 0.1) is 5.92 Å². The molecule has 1 unspecified atom stereocenters. The quantitative estimate of drug-likeness (QED) is 0.783. The summed E-state index contributed by atoms with van der Waals surface area (Å²) in [5.74, 6) is -0.208. The monoisotopic (exact) mass is 402 g/mol. The number of aliphatic hydroxyl groups is 1. The smallest absolute Gasteiger partial charge is 0.278 e. The first-order valence-electron chi connectivity index (χ1n) is 10.3. The zero-order valence-electron chi connectivity index (χ0n) is 16.1. The fourth-order valence-corrected chi connectivity index (χ4v) is 4.92. The second-order valence-electron chi connectivity index (χ2n) is 8.14. The van der Waals surface area contributed by atoms with Gasteiger partial charge in [0.05, 0.1) is 5.57 Å². The Labute approximate surface area is 171 Å². The normalized spacial score (nSPS) is 24.4. The summed E-state index contributed by atoms with van der Waals surface area (Å²) in [5, 5.41) is 10.2. The maximum atomic E-state index is 13.5. The van der Waals surface area contributed by atoms with Crippen LogP contribution in [0.1, 0.15) is 50.5 Å². The number of nitrogens with zero attached hydrogens (tertiary/aromatic N) is 2. The highest BCUT2D eigenvalue weighted by Crippen LogP contribution is 2.37. The van der Waals surface area contributed by atoms with E-state index < -0.39 is 0 Å². The minimum absolute atomic E-state index is 0.00743. The first kappa shape index (κ1) is 19.5. The molecule has 150 valence electrons. The fourth-order valence-electron chi connectivity index (χ4n) is 4.79. The van der Waals surface area contributed by atoms with Crippen LogP contribution in [0.3, 0.4) is 0 Å². The zero-order chi connectivity index (χ0) is 19.7. The minimum Gasteiger partial charge on any atom is -0.396 e. The highest BCUT2D eigenvalue weighted by molar-refractivity contribution is 6.36. The van der Waals surface area contributed by atoms with Crippen molar-refractivity contribution in [2.24, 2.45) is 5.92 Å². The summed E-state index contributed by atoms with van der Waals surface area (Å²) in [7, 11) is 0. The van der Waals surface area contributed by atoms with Crippen molar-refractivity contribution >= 4 is 29.0 Å². The van der Waals surface area contributed by atoms with Crippen LogP contribution in [0.4, 0.5) is 0 Å². The highest BCUT2D eigenvalue weighted by Gasteiger charge is 2.45. The van der Waals surface area contributed by atoms with E-state index in [0.717, 1.165) is 50.6 Å². The van der Waals surface area contributed by atoms with Crippen molar-refractivity contribution in [3.8, 4) is 0 Å². The molecule has 0 bridgehead atoms. The van der Waals surface area contributed by atoms with Gasteiger partial charge < -0.3 is 10.0 Å². The topological polar surface area (TPSA) is 60.9 Å². The Morgan fingerprint density at radius 3 is 2.36 bits per heavy atom. The van der Waals surface area contributed by atoms with Gasteiger partial charge in [0, 0.05) is 30.8 Å². The number of rotatable bonds is 4. The molecular weight excluding hydrogens is 376 g/mol. The molecule has 5 nitrogen and oxygen atoms in total. The van der Waals surface area contributed by atoms with Gasteiger partial charge in [0.2, 0.25) is 0 Å². The van der Waals surface area contributed by atoms with Crippen molar-refractivity contribution in [1.29, 1.82) is 0 Å². The molecular formula is C22H27ClN2O3. The molecule has 6 heteroatoms. The zero-order valence-corrected chi connectivity index (χ0v) is 16.8. The van der Waals surface area contributed by atoms with E-state index in [1.54, 1.807) is 12.1 Å². The van der Waals surface area contributed by atoms with Crippen molar-refractivity contribution in [1.82, 2.24) is 9.80 Å². The molecule has 4 rings (SSSR count). The average molecular weight is 403 g/mol. The number of amides is 2. The van der Waals surface area contributed by atoms with Crippen molar-refractivity contribution in [2.75, 3.05) is 19.7 Å². The average Bonchev–Trinajstić information content (AvgIpc) is 2.99. The van der Waals surface area contributed by atoms with E-state index in [1.807, 2.05) is 17.0 Å². The number of piperidine rings is 1. The van der Waals surface area contributed by atoms with Gasteiger partial charge in [-0.25, -0.2) is 0 Å². The molecule has 2 fully saturated rings. The summed E-state index contributed by atoms with van der Waals surface area (Å²) in [6.45, 7) is 1.45. The Balaban J connectivity index is 1.74. The van der Waals surface area contributed by atoms with Crippen LogP contribution in [-0.2, 0) is 9.59 Å². The molecule has 2 amide bonds. The molecule has 0 radical (unpaired) electrons. The van der Waals surface area contributed by atoms with E-state index >= 15 is 0 Å². The van der Waals surface area contributed by atoms with Gasteiger partial charge in [-0.2, -0.15) is 0 Å². The maximum Gasteiger partial charge on any atom is 0.278 e. The molecule has 1 atom stereocenters. The van der Waals surface area contributed by atoms with Crippen molar-refractivity contribution in [2.45, 2.75) is 51.0 Å². The Hall–Kier alpha value is -1.85. The Bertz CT molecular complexity index is 783. The van der Waals surface area contributed by atoms with E-state index in [9.17, 15) is 14.7 Å². The molecule has 3 aliphatic rings. The number of imide groups is 1. The van der Waals surface area contributed by atoms with Crippen LogP contribution >= 0.6 is 11.6 Å².